The summed E-state index contributed by atoms with van der Waals surface area (Å²) in [7, 11) is 5.70. The van der Waals surface area contributed by atoms with Crippen LogP contribution in [0.15, 0.2) is 55.0 Å². The molecule has 1 aliphatic rings. The third kappa shape index (κ3) is 3.90. The topological polar surface area (TPSA) is 73.9 Å². The molecule has 1 atom stereocenters. The number of imidazole rings is 1. The van der Waals surface area contributed by atoms with Crippen molar-refractivity contribution in [3.8, 4) is 33.3 Å². The predicted octanol–water partition coefficient (Wildman–Crippen LogP) is 4.63. The fraction of sp³-hybridized carbons (Fsp3) is 0.308. The summed E-state index contributed by atoms with van der Waals surface area (Å²) >= 11 is 1.67. The number of ether oxygens (including phenoxy) is 1. The summed E-state index contributed by atoms with van der Waals surface area (Å²) in [5, 5.41) is 5.83. The fourth-order valence-electron chi connectivity index (χ4n) is 4.89. The Morgan fingerprint density at radius 2 is 1.94 bits per heavy atom. The zero-order chi connectivity index (χ0) is 23.9. The van der Waals surface area contributed by atoms with E-state index >= 15 is 0 Å². The van der Waals surface area contributed by atoms with Gasteiger partial charge in [-0.15, -0.1) is 11.3 Å². The minimum Gasteiger partial charge on any atom is -0.384 e. The summed E-state index contributed by atoms with van der Waals surface area (Å²) < 4.78 is 9.28. The van der Waals surface area contributed by atoms with Gasteiger partial charge in [0, 0.05) is 64.4 Å². The van der Waals surface area contributed by atoms with E-state index in [1.165, 1.54) is 0 Å². The normalized spacial score (nSPS) is 16.0. The average molecular weight is 486 g/mol. The van der Waals surface area contributed by atoms with Crippen molar-refractivity contribution >= 4 is 27.4 Å². The number of benzene rings is 1. The lowest BCUT2D eigenvalue weighted by Gasteiger charge is -2.20. The number of aromatic nitrogens is 6. The Morgan fingerprint density at radius 1 is 1.09 bits per heavy atom. The molecule has 35 heavy (non-hydrogen) atoms. The number of nitrogens with zero attached hydrogens (tertiary/aromatic N) is 7. The van der Waals surface area contributed by atoms with E-state index < -0.39 is 0 Å². The molecule has 0 saturated carbocycles. The minimum absolute atomic E-state index is 0.482. The standard InChI is InChI=1S/C26H27N7OS/c1-31-14-11-27-25(31)23-28-24(33-13-9-17(15-33)16-34-3)21-20(18-7-5-4-6-8-18)22(35-26(21)29-23)19-10-12-32(2)30-19/h4-8,10-12,14,17H,9,13,15-16H2,1-3H3. The van der Waals surface area contributed by atoms with Crippen molar-refractivity contribution in [2.24, 2.45) is 20.0 Å². The molecule has 1 fully saturated rings. The quantitative estimate of drug-likeness (QED) is 0.349. The Hall–Kier alpha value is -3.56. The molecule has 8 nitrogen and oxygen atoms in total. The molecule has 6 rings (SSSR count). The van der Waals surface area contributed by atoms with E-state index in [4.69, 9.17) is 19.8 Å². The van der Waals surface area contributed by atoms with Crippen molar-refractivity contribution in [2.75, 3.05) is 31.7 Å². The smallest absolute Gasteiger partial charge is 0.199 e. The minimum atomic E-state index is 0.482. The summed E-state index contributed by atoms with van der Waals surface area (Å²) in [5.74, 6) is 2.85. The molecule has 0 amide bonds. The van der Waals surface area contributed by atoms with Crippen molar-refractivity contribution in [2.45, 2.75) is 6.42 Å². The van der Waals surface area contributed by atoms with E-state index in [-0.39, 0.29) is 0 Å². The van der Waals surface area contributed by atoms with Crippen molar-refractivity contribution in [1.82, 2.24) is 29.3 Å². The molecule has 1 aromatic carbocycles. The van der Waals surface area contributed by atoms with Crippen LogP contribution in [0.25, 0.3) is 43.6 Å². The molecule has 1 aliphatic heterocycles. The number of thiophene rings is 1. The maximum atomic E-state index is 5.47. The third-order valence-corrected chi connectivity index (χ3v) is 7.66. The molecule has 5 heterocycles. The summed E-state index contributed by atoms with van der Waals surface area (Å²) in [4.78, 5) is 19.2. The first-order valence-corrected chi connectivity index (χ1v) is 12.6. The highest BCUT2D eigenvalue weighted by Crippen LogP contribution is 2.47. The van der Waals surface area contributed by atoms with Crippen molar-refractivity contribution in [3.05, 3.63) is 55.0 Å². The number of hydrogen-bond acceptors (Lipinski definition) is 7. The van der Waals surface area contributed by atoms with Crippen LogP contribution in [0.3, 0.4) is 0 Å². The average Bonchev–Trinajstić information content (AvgIpc) is 3.65. The molecular formula is C26H27N7OS. The van der Waals surface area contributed by atoms with Crippen LogP contribution < -0.4 is 4.90 Å². The Labute approximate surface area is 207 Å². The molecule has 0 N–H and O–H groups in total. The van der Waals surface area contributed by atoms with Gasteiger partial charge >= 0.3 is 0 Å². The highest BCUT2D eigenvalue weighted by atomic mass is 32.1. The molecule has 0 radical (unpaired) electrons. The number of hydrogen-bond donors (Lipinski definition) is 0. The second-order valence-electron chi connectivity index (χ2n) is 9.02. The molecule has 1 saturated heterocycles. The highest BCUT2D eigenvalue weighted by Gasteiger charge is 2.30. The van der Waals surface area contributed by atoms with E-state index in [0.717, 1.165) is 69.7 Å². The first-order valence-electron chi connectivity index (χ1n) is 11.7. The molecule has 0 bridgehead atoms. The van der Waals surface area contributed by atoms with Gasteiger partial charge in [-0.05, 0) is 18.1 Å². The molecule has 0 spiro atoms. The molecule has 0 aliphatic carbocycles. The second kappa shape index (κ2) is 8.90. The Balaban J connectivity index is 1.64. The van der Waals surface area contributed by atoms with Crippen molar-refractivity contribution in [1.29, 1.82) is 0 Å². The van der Waals surface area contributed by atoms with Gasteiger partial charge in [-0.2, -0.15) is 5.10 Å². The summed E-state index contributed by atoms with van der Waals surface area (Å²) in [6.07, 6.45) is 6.78. The monoisotopic (exact) mass is 485 g/mol. The Bertz CT molecular complexity index is 1490. The van der Waals surface area contributed by atoms with Gasteiger partial charge < -0.3 is 14.2 Å². The van der Waals surface area contributed by atoms with E-state index in [1.807, 2.05) is 41.8 Å². The third-order valence-electron chi connectivity index (χ3n) is 6.55. The van der Waals surface area contributed by atoms with Crippen molar-refractivity contribution < 1.29 is 4.74 Å². The maximum absolute atomic E-state index is 5.47. The van der Waals surface area contributed by atoms with E-state index in [9.17, 15) is 0 Å². The molecule has 178 valence electrons. The van der Waals surface area contributed by atoms with Crippen LogP contribution in [0.5, 0.6) is 0 Å². The lowest BCUT2D eigenvalue weighted by Crippen LogP contribution is -2.23. The largest absolute Gasteiger partial charge is 0.384 e. The van der Waals surface area contributed by atoms with Gasteiger partial charge in [0.2, 0.25) is 0 Å². The molecular weight excluding hydrogens is 458 g/mol. The lowest BCUT2D eigenvalue weighted by molar-refractivity contribution is 0.161. The van der Waals surface area contributed by atoms with Gasteiger partial charge in [-0.1, -0.05) is 30.3 Å². The van der Waals surface area contributed by atoms with Gasteiger partial charge in [0.05, 0.1) is 16.9 Å². The van der Waals surface area contributed by atoms with Gasteiger partial charge in [-0.3, -0.25) is 4.68 Å². The summed E-state index contributed by atoms with van der Waals surface area (Å²) in [6, 6.07) is 12.6. The zero-order valence-corrected chi connectivity index (χ0v) is 20.9. The first kappa shape index (κ1) is 21.9. The molecule has 1 unspecified atom stereocenters. The Morgan fingerprint density at radius 3 is 2.66 bits per heavy atom. The van der Waals surface area contributed by atoms with Gasteiger partial charge in [0.15, 0.2) is 11.6 Å². The zero-order valence-electron chi connectivity index (χ0n) is 20.0. The highest BCUT2D eigenvalue weighted by molar-refractivity contribution is 7.22. The molecule has 4 aromatic heterocycles. The van der Waals surface area contributed by atoms with Gasteiger partial charge in [-0.25, -0.2) is 15.0 Å². The number of aryl methyl sites for hydroxylation is 2. The predicted molar refractivity (Wildman–Crippen MR) is 139 cm³/mol. The lowest BCUT2D eigenvalue weighted by atomic mass is 10.0. The van der Waals surface area contributed by atoms with Crippen LogP contribution >= 0.6 is 11.3 Å². The SMILES string of the molecule is COCC1CCN(c2nc(-c3nccn3C)nc3sc(-c4ccn(C)n4)c(-c4ccccc4)c23)C1. The summed E-state index contributed by atoms with van der Waals surface area (Å²) in [6.45, 7) is 2.59. The Kier molecular flexibility index (Phi) is 5.58. The molecule has 9 heteroatoms. The van der Waals surface area contributed by atoms with Crippen LogP contribution in [0.2, 0.25) is 0 Å². The van der Waals surface area contributed by atoms with E-state index in [0.29, 0.717) is 11.7 Å². The maximum Gasteiger partial charge on any atom is 0.199 e. The number of fused-ring (bicyclic) bond motifs is 1. The van der Waals surface area contributed by atoms with Crippen molar-refractivity contribution in [3.63, 3.8) is 0 Å². The van der Waals surface area contributed by atoms with E-state index in [1.54, 1.807) is 24.6 Å². The van der Waals surface area contributed by atoms with Crippen LogP contribution in [0.4, 0.5) is 5.82 Å². The van der Waals surface area contributed by atoms with Crippen LogP contribution in [-0.4, -0.2) is 56.1 Å². The summed E-state index contributed by atoms with van der Waals surface area (Å²) in [5.41, 5.74) is 3.22. The van der Waals surface area contributed by atoms with Crippen LogP contribution in [0, 0.1) is 5.92 Å². The fourth-order valence-corrected chi connectivity index (χ4v) is 6.04. The first-order chi connectivity index (χ1) is 17.1. The number of anilines is 1. The second-order valence-corrected chi connectivity index (χ2v) is 10.0. The van der Waals surface area contributed by atoms with Crippen LogP contribution in [-0.2, 0) is 18.8 Å². The number of methoxy groups -OCH3 is 1. The number of rotatable bonds is 6. The van der Waals surface area contributed by atoms with E-state index in [2.05, 4.69) is 40.2 Å². The van der Waals surface area contributed by atoms with Gasteiger partial charge in [0.25, 0.3) is 0 Å². The van der Waals surface area contributed by atoms with Gasteiger partial charge in [0.1, 0.15) is 16.3 Å². The van der Waals surface area contributed by atoms with Crippen LogP contribution in [0.1, 0.15) is 6.42 Å². The molecule has 5 aromatic rings.